The number of rotatable bonds is 0. The maximum absolute atomic E-state index is 9.51. The Labute approximate surface area is 103 Å². The van der Waals surface area contributed by atoms with E-state index in [9.17, 15) is 4.57 Å². The summed E-state index contributed by atoms with van der Waals surface area (Å²) >= 11 is 13.8. The minimum atomic E-state index is -3.22. The van der Waals surface area contributed by atoms with E-state index >= 15 is 0 Å². The van der Waals surface area contributed by atoms with E-state index in [-0.39, 0.29) is 0 Å². The van der Waals surface area contributed by atoms with Gasteiger partial charge in [0.15, 0.2) is 0 Å². The maximum atomic E-state index is 9.51. The van der Waals surface area contributed by atoms with E-state index in [0.717, 1.165) is 39.8 Å². The SMILES string of the molecule is C1COCN1.C1COCN1.O=P(Cl)(Cl)Cl. The molecule has 0 aromatic heterocycles. The molecule has 0 aliphatic carbocycles. The zero-order valence-corrected chi connectivity index (χ0v) is 11.2. The number of nitrogens with one attached hydrogen (secondary N) is 2. The third-order valence-electron chi connectivity index (χ3n) is 1.25. The Balaban J connectivity index is 0.000000196. The Morgan fingerprint density at radius 2 is 1.27 bits per heavy atom. The first-order valence-electron chi connectivity index (χ1n) is 4.26. The average Bonchev–Trinajstić information content (AvgIpc) is 2.81. The minimum Gasteiger partial charge on any atom is -0.365 e. The summed E-state index contributed by atoms with van der Waals surface area (Å²) in [4.78, 5) is 0. The number of hydrogen-bond acceptors (Lipinski definition) is 5. The molecule has 2 heterocycles. The summed E-state index contributed by atoms with van der Waals surface area (Å²) < 4.78 is 19.2. The van der Waals surface area contributed by atoms with Gasteiger partial charge in [-0.1, -0.05) is 0 Å². The molecular weight excluding hydrogens is 285 g/mol. The first-order valence-corrected chi connectivity index (χ1v) is 8.68. The van der Waals surface area contributed by atoms with E-state index in [4.69, 9.17) is 9.47 Å². The number of ether oxygens (including phenoxy) is 2. The normalized spacial score (nSPS) is 19.9. The van der Waals surface area contributed by atoms with Gasteiger partial charge in [0.2, 0.25) is 0 Å². The summed E-state index contributed by atoms with van der Waals surface area (Å²) in [7, 11) is 0. The fourth-order valence-corrected chi connectivity index (χ4v) is 0.722. The molecule has 0 amide bonds. The van der Waals surface area contributed by atoms with Crippen molar-refractivity contribution in [2.24, 2.45) is 0 Å². The van der Waals surface area contributed by atoms with Crippen molar-refractivity contribution >= 4 is 38.9 Å². The van der Waals surface area contributed by atoms with Crippen LogP contribution in [0.4, 0.5) is 0 Å². The van der Waals surface area contributed by atoms with Gasteiger partial charge in [0, 0.05) is 13.1 Å². The molecule has 0 saturated carbocycles. The second-order valence-electron chi connectivity index (χ2n) is 2.50. The minimum absolute atomic E-state index is 0.750. The topological polar surface area (TPSA) is 59.6 Å². The van der Waals surface area contributed by atoms with Crippen molar-refractivity contribution in [1.29, 1.82) is 0 Å². The van der Waals surface area contributed by atoms with Crippen LogP contribution >= 0.6 is 38.9 Å². The largest absolute Gasteiger partial charge is 0.365 e. The highest BCUT2D eigenvalue weighted by Crippen LogP contribution is 2.61. The molecule has 0 atom stereocenters. The molecule has 15 heavy (non-hydrogen) atoms. The van der Waals surface area contributed by atoms with Crippen molar-refractivity contribution < 1.29 is 14.0 Å². The summed E-state index contributed by atoms with van der Waals surface area (Å²) in [5.41, 5.74) is 0. The summed E-state index contributed by atoms with van der Waals surface area (Å²) in [6.07, 6.45) is 0. The van der Waals surface area contributed by atoms with Gasteiger partial charge in [-0.15, -0.1) is 0 Å². The number of halogens is 3. The van der Waals surface area contributed by atoms with E-state index < -0.39 is 5.20 Å². The monoisotopic (exact) mass is 298 g/mol. The summed E-state index contributed by atoms with van der Waals surface area (Å²) in [6, 6.07) is 0. The molecular formula is C6H14Cl3N2O3P. The lowest BCUT2D eigenvalue weighted by atomic mass is 10.7. The lowest BCUT2D eigenvalue weighted by Gasteiger charge is -1.76. The number of hydrogen-bond donors (Lipinski definition) is 2. The van der Waals surface area contributed by atoms with Crippen LogP contribution < -0.4 is 10.6 Å². The molecule has 2 N–H and O–H groups in total. The molecule has 0 radical (unpaired) electrons. The zero-order valence-electron chi connectivity index (χ0n) is 8.05. The van der Waals surface area contributed by atoms with Crippen molar-refractivity contribution in [2.75, 3.05) is 39.8 Å². The van der Waals surface area contributed by atoms with Crippen molar-refractivity contribution in [1.82, 2.24) is 10.6 Å². The highest BCUT2D eigenvalue weighted by atomic mass is 36.0. The summed E-state index contributed by atoms with van der Waals surface area (Å²) in [5, 5.41) is 2.78. The molecule has 0 aromatic carbocycles. The van der Waals surface area contributed by atoms with Gasteiger partial charge in [-0.25, -0.2) is 0 Å². The summed E-state index contributed by atoms with van der Waals surface area (Å²) in [6.45, 7) is 5.33. The first kappa shape index (κ1) is 15.9. The Hall–Kier alpha value is 0.940. The van der Waals surface area contributed by atoms with Crippen LogP contribution in [0.2, 0.25) is 0 Å². The highest BCUT2D eigenvalue weighted by molar-refractivity contribution is 8.24. The van der Waals surface area contributed by atoms with Crippen LogP contribution in [0, 0.1) is 0 Å². The van der Waals surface area contributed by atoms with Crippen LogP contribution in [0.3, 0.4) is 0 Å². The van der Waals surface area contributed by atoms with E-state index in [1.807, 2.05) is 0 Å². The molecule has 2 aliphatic heterocycles. The highest BCUT2D eigenvalue weighted by Gasteiger charge is 2.03. The zero-order chi connectivity index (χ0) is 11.6. The Kier molecular flexibility index (Phi) is 10.8. The second kappa shape index (κ2) is 10.1. The van der Waals surface area contributed by atoms with Gasteiger partial charge in [-0.2, -0.15) is 0 Å². The molecule has 5 nitrogen and oxygen atoms in total. The van der Waals surface area contributed by atoms with Gasteiger partial charge in [-0.05, 0) is 33.7 Å². The molecule has 0 spiro atoms. The molecule has 92 valence electrons. The van der Waals surface area contributed by atoms with Crippen molar-refractivity contribution in [2.45, 2.75) is 0 Å². The van der Waals surface area contributed by atoms with Crippen LogP contribution in [0.25, 0.3) is 0 Å². The second-order valence-corrected chi connectivity index (χ2v) is 9.14. The predicted molar refractivity (Wildman–Crippen MR) is 62.8 cm³/mol. The standard InChI is InChI=1S/2C3H7NO.Cl3OP/c2*1-2-5-3-4-1;1-5(2,3)4/h2*4H,1-3H2;. The van der Waals surface area contributed by atoms with Gasteiger partial charge in [0.25, 0.3) is 0 Å². The molecule has 9 heteroatoms. The third kappa shape index (κ3) is 20.9. The average molecular weight is 300 g/mol. The Morgan fingerprint density at radius 1 is 0.933 bits per heavy atom. The van der Waals surface area contributed by atoms with E-state index in [2.05, 4.69) is 44.4 Å². The molecule has 2 fully saturated rings. The lowest BCUT2D eigenvalue weighted by molar-refractivity contribution is 0.194. The molecule has 2 rings (SSSR count). The van der Waals surface area contributed by atoms with Crippen molar-refractivity contribution in [3.05, 3.63) is 0 Å². The van der Waals surface area contributed by atoms with E-state index in [0.29, 0.717) is 0 Å². The summed E-state index contributed by atoms with van der Waals surface area (Å²) in [5.74, 6) is 0. The molecule has 2 saturated heterocycles. The van der Waals surface area contributed by atoms with Gasteiger partial charge in [-0.3, -0.25) is 15.2 Å². The molecule has 0 bridgehead atoms. The maximum Gasteiger partial charge on any atom is 0.339 e. The van der Waals surface area contributed by atoms with Gasteiger partial charge < -0.3 is 9.47 Å². The molecule has 0 unspecified atom stereocenters. The van der Waals surface area contributed by atoms with E-state index in [1.165, 1.54) is 0 Å². The molecule has 0 aromatic rings. The third-order valence-corrected chi connectivity index (χ3v) is 1.25. The van der Waals surface area contributed by atoms with Crippen LogP contribution in [0.15, 0.2) is 0 Å². The van der Waals surface area contributed by atoms with Crippen LogP contribution in [0.5, 0.6) is 0 Å². The van der Waals surface area contributed by atoms with Crippen LogP contribution in [0.1, 0.15) is 0 Å². The fourth-order valence-electron chi connectivity index (χ4n) is 0.722. The Bertz CT molecular complexity index is 151. The van der Waals surface area contributed by atoms with Crippen molar-refractivity contribution in [3.63, 3.8) is 0 Å². The smallest absolute Gasteiger partial charge is 0.339 e. The van der Waals surface area contributed by atoms with Crippen LogP contribution in [-0.2, 0) is 14.0 Å². The lowest BCUT2D eigenvalue weighted by Crippen LogP contribution is -2.05. The fraction of sp³-hybridized carbons (Fsp3) is 1.00. The first-order chi connectivity index (χ1) is 7.00. The quantitative estimate of drug-likeness (QED) is 0.669. The van der Waals surface area contributed by atoms with E-state index in [1.54, 1.807) is 0 Å². The predicted octanol–water partition coefficient (Wildman–Crippen LogP) is 1.94. The molecule has 2 aliphatic rings. The van der Waals surface area contributed by atoms with Gasteiger partial charge in [0.05, 0.1) is 26.7 Å². The van der Waals surface area contributed by atoms with Crippen molar-refractivity contribution in [3.8, 4) is 0 Å². The Morgan fingerprint density at radius 3 is 1.33 bits per heavy atom. The van der Waals surface area contributed by atoms with Crippen LogP contribution in [-0.4, -0.2) is 39.8 Å². The van der Waals surface area contributed by atoms with Gasteiger partial charge >= 0.3 is 5.20 Å². The van der Waals surface area contributed by atoms with Gasteiger partial charge in [0.1, 0.15) is 0 Å².